The topological polar surface area (TPSA) is 78.9 Å². The molecule has 0 saturated carbocycles. The molecular formula is C60H96O6. The van der Waals surface area contributed by atoms with E-state index in [4.69, 9.17) is 14.2 Å². The summed E-state index contributed by atoms with van der Waals surface area (Å²) in [4.78, 5) is 38.0. The molecule has 0 radical (unpaired) electrons. The quantitative estimate of drug-likeness (QED) is 0.0262. The van der Waals surface area contributed by atoms with Crippen LogP contribution >= 0.6 is 0 Å². The summed E-state index contributed by atoms with van der Waals surface area (Å²) in [6.45, 7) is 6.36. The first-order valence-corrected chi connectivity index (χ1v) is 26.5. The average molecular weight is 913 g/mol. The van der Waals surface area contributed by atoms with Crippen molar-refractivity contribution in [2.45, 2.75) is 226 Å². The van der Waals surface area contributed by atoms with E-state index >= 15 is 0 Å². The molecule has 1 atom stereocenters. The van der Waals surface area contributed by atoms with E-state index in [1.807, 2.05) is 12.2 Å². The zero-order valence-electron chi connectivity index (χ0n) is 42.4. The lowest BCUT2D eigenvalue weighted by Crippen LogP contribution is -2.30. The highest BCUT2D eigenvalue weighted by Gasteiger charge is 2.19. The highest BCUT2D eigenvalue weighted by atomic mass is 16.6. The van der Waals surface area contributed by atoms with Crippen LogP contribution in [0.4, 0.5) is 0 Å². The van der Waals surface area contributed by atoms with Crippen LogP contribution in [0.25, 0.3) is 0 Å². The van der Waals surface area contributed by atoms with Crippen LogP contribution in [0, 0.1) is 0 Å². The third kappa shape index (κ3) is 50.8. The number of carbonyl (C=O) groups is 3. The summed E-state index contributed by atoms with van der Waals surface area (Å²) < 4.78 is 16.7. The summed E-state index contributed by atoms with van der Waals surface area (Å²) in [7, 11) is 0. The highest BCUT2D eigenvalue weighted by molar-refractivity contribution is 5.71. The Morgan fingerprint density at radius 1 is 0.318 bits per heavy atom. The lowest BCUT2D eigenvalue weighted by molar-refractivity contribution is -0.166. The van der Waals surface area contributed by atoms with Gasteiger partial charge in [0.2, 0.25) is 0 Å². The molecule has 0 saturated heterocycles. The van der Waals surface area contributed by atoms with Gasteiger partial charge >= 0.3 is 17.9 Å². The van der Waals surface area contributed by atoms with Gasteiger partial charge in [0, 0.05) is 19.3 Å². The van der Waals surface area contributed by atoms with Gasteiger partial charge < -0.3 is 14.2 Å². The second-order valence-electron chi connectivity index (χ2n) is 17.1. The molecule has 0 bridgehead atoms. The molecule has 0 fully saturated rings. The number of rotatable bonds is 46. The fourth-order valence-corrected chi connectivity index (χ4v) is 6.75. The van der Waals surface area contributed by atoms with Gasteiger partial charge in [-0.25, -0.2) is 0 Å². The van der Waals surface area contributed by atoms with Crippen molar-refractivity contribution in [1.29, 1.82) is 0 Å². The predicted molar refractivity (Wildman–Crippen MR) is 283 cm³/mol. The molecule has 6 heteroatoms. The first-order chi connectivity index (χ1) is 32.5. The summed E-state index contributed by atoms with van der Waals surface area (Å²) in [5.41, 5.74) is 0. The van der Waals surface area contributed by atoms with Crippen LogP contribution in [-0.2, 0) is 28.6 Å². The van der Waals surface area contributed by atoms with Gasteiger partial charge in [-0.1, -0.05) is 226 Å². The van der Waals surface area contributed by atoms with Crippen LogP contribution < -0.4 is 0 Å². The van der Waals surface area contributed by atoms with E-state index in [1.165, 1.54) is 83.5 Å². The summed E-state index contributed by atoms with van der Waals surface area (Å²) >= 11 is 0. The number of unbranched alkanes of at least 4 members (excludes halogenated alkanes) is 15. The smallest absolute Gasteiger partial charge is 0.306 e. The van der Waals surface area contributed by atoms with Gasteiger partial charge in [-0.2, -0.15) is 0 Å². The van der Waals surface area contributed by atoms with Crippen LogP contribution in [-0.4, -0.2) is 37.2 Å². The number of allylic oxidation sites excluding steroid dienone is 20. The van der Waals surface area contributed by atoms with Gasteiger partial charge in [0.1, 0.15) is 13.2 Å². The van der Waals surface area contributed by atoms with Crippen molar-refractivity contribution in [3.63, 3.8) is 0 Å². The fourth-order valence-electron chi connectivity index (χ4n) is 6.75. The first-order valence-electron chi connectivity index (χ1n) is 26.5. The van der Waals surface area contributed by atoms with Crippen molar-refractivity contribution in [3.05, 3.63) is 122 Å². The minimum absolute atomic E-state index is 0.132. The summed E-state index contributed by atoms with van der Waals surface area (Å²) in [6, 6.07) is 0. The molecule has 66 heavy (non-hydrogen) atoms. The van der Waals surface area contributed by atoms with Crippen molar-refractivity contribution < 1.29 is 28.6 Å². The molecule has 0 aliphatic carbocycles. The third-order valence-electron chi connectivity index (χ3n) is 10.7. The van der Waals surface area contributed by atoms with Gasteiger partial charge in [0.25, 0.3) is 0 Å². The van der Waals surface area contributed by atoms with E-state index < -0.39 is 6.10 Å². The largest absolute Gasteiger partial charge is 0.462 e. The third-order valence-corrected chi connectivity index (χ3v) is 10.7. The van der Waals surface area contributed by atoms with E-state index in [-0.39, 0.29) is 44.0 Å². The number of esters is 3. The average Bonchev–Trinajstić information content (AvgIpc) is 3.31. The maximum Gasteiger partial charge on any atom is 0.306 e. The molecule has 0 N–H and O–H groups in total. The Bertz CT molecular complexity index is 1420. The maximum absolute atomic E-state index is 12.8. The zero-order chi connectivity index (χ0) is 47.9. The highest BCUT2D eigenvalue weighted by Crippen LogP contribution is 2.14. The fraction of sp³-hybridized carbons (Fsp3) is 0.617. The Balaban J connectivity index is 4.58. The van der Waals surface area contributed by atoms with Gasteiger partial charge in [0.05, 0.1) is 0 Å². The Morgan fingerprint density at radius 3 is 1.06 bits per heavy atom. The first kappa shape index (κ1) is 61.8. The van der Waals surface area contributed by atoms with Crippen molar-refractivity contribution in [2.24, 2.45) is 0 Å². The Hall–Kier alpha value is -4.19. The van der Waals surface area contributed by atoms with Gasteiger partial charge in [0.15, 0.2) is 6.10 Å². The predicted octanol–water partition coefficient (Wildman–Crippen LogP) is 17.7. The molecule has 0 aliphatic rings. The van der Waals surface area contributed by atoms with E-state index in [9.17, 15) is 14.4 Å². The molecule has 372 valence electrons. The molecular weight excluding hydrogens is 817 g/mol. The number of hydrogen-bond donors (Lipinski definition) is 0. The molecule has 0 aromatic heterocycles. The van der Waals surface area contributed by atoms with E-state index in [0.717, 1.165) is 83.5 Å². The maximum atomic E-state index is 12.8. The van der Waals surface area contributed by atoms with Crippen molar-refractivity contribution in [1.82, 2.24) is 0 Å². The molecule has 0 spiro atoms. The van der Waals surface area contributed by atoms with E-state index in [1.54, 1.807) is 0 Å². The SMILES string of the molecule is CC/C=C\C/C=C\C/C=C\C/C=C\C/C=C\CCCC(=O)OC[C@H](COC(=O)CC/C=C\C/C=C\C/C=C\C/C=C\C/C=C\CCCCC)OC(=O)CCCCCCCCCCCCCC. The molecule has 0 aromatic rings. The van der Waals surface area contributed by atoms with Crippen molar-refractivity contribution in [3.8, 4) is 0 Å². The minimum Gasteiger partial charge on any atom is -0.462 e. The Kier molecular flexibility index (Phi) is 50.0. The lowest BCUT2D eigenvalue weighted by atomic mass is 10.0. The second kappa shape index (κ2) is 53.4. The summed E-state index contributed by atoms with van der Waals surface area (Å²) in [6.07, 6.45) is 73.4. The molecule has 0 aromatic carbocycles. The number of hydrogen-bond acceptors (Lipinski definition) is 6. The minimum atomic E-state index is -0.832. The monoisotopic (exact) mass is 913 g/mol. The van der Waals surface area contributed by atoms with Crippen molar-refractivity contribution >= 4 is 17.9 Å². The van der Waals surface area contributed by atoms with Crippen LogP contribution in [0.1, 0.15) is 220 Å². The van der Waals surface area contributed by atoms with Gasteiger partial charge in [-0.3, -0.25) is 14.4 Å². The normalized spacial score (nSPS) is 13.1. The molecule has 0 unspecified atom stereocenters. The van der Waals surface area contributed by atoms with E-state index in [2.05, 4.69) is 130 Å². The molecule has 0 rings (SSSR count). The number of ether oxygens (including phenoxy) is 3. The van der Waals surface area contributed by atoms with Crippen LogP contribution in [0.5, 0.6) is 0 Å². The molecule has 0 amide bonds. The standard InChI is InChI=1S/C60H96O6/c1-4-7-10-13-16-19-22-25-27-29-30-32-34-36-39-41-44-47-50-53-59(62)65-56-57(66-60(63)54-51-48-45-42-37-24-21-18-15-12-9-6-3)55-64-58(61)52-49-46-43-40-38-35-33-31-28-26-23-20-17-14-11-8-5-2/h8,11,16-17,19-20,25-28,30,32-33,35-36,39-40,43-44,47,57H,4-7,9-10,12-15,18,21-24,29,31,34,37-38,41-42,45-46,48-56H2,1-3H3/b11-8-,19-16-,20-17-,27-25-,28-26-,32-30-,35-33-,39-36-,43-40-,47-44-/t57-/m1/s1. The van der Waals surface area contributed by atoms with Crippen LogP contribution in [0.15, 0.2) is 122 Å². The lowest BCUT2D eigenvalue weighted by Gasteiger charge is -2.18. The molecule has 6 nitrogen and oxygen atoms in total. The number of carbonyl (C=O) groups excluding carboxylic acids is 3. The Morgan fingerprint density at radius 2 is 0.636 bits per heavy atom. The van der Waals surface area contributed by atoms with E-state index in [0.29, 0.717) is 19.3 Å². The summed E-state index contributed by atoms with van der Waals surface area (Å²) in [5, 5.41) is 0. The Labute approximate surface area is 405 Å². The summed E-state index contributed by atoms with van der Waals surface area (Å²) in [5.74, 6) is -1.07. The van der Waals surface area contributed by atoms with Crippen molar-refractivity contribution in [2.75, 3.05) is 13.2 Å². The van der Waals surface area contributed by atoms with Gasteiger partial charge in [-0.05, 0) is 96.3 Å². The van der Waals surface area contributed by atoms with Gasteiger partial charge in [-0.15, -0.1) is 0 Å². The zero-order valence-corrected chi connectivity index (χ0v) is 42.4. The van der Waals surface area contributed by atoms with Crippen LogP contribution in [0.2, 0.25) is 0 Å². The second-order valence-corrected chi connectivity index (χ2v) is 17.1. The molecule has 0 heterocycles. The molecule has 0 aliphatic heterocycles. The van der Waals surface area contributed by atoms with Crippen LogP contribution in [0.3, 0.4) is 0 Å².